The number of aliphatic carboxylic acids is 1. The van der Waals surface area contributed by atoms with Gasteiger partial charge in [-0.1, -0.05) is 58.0 Å². The number of carboxylic acids is 1. The van der Waals surface area contributed by atoms with E-state index in [2.05, 4.69) is 10.6 Å². The molecule has 1 heterocycles. The molecule has 170 valence electrons. The number of hydrogen-bond acceptors (Lipinski definition) is 6. The van der Waals surface area contributed by atoms with Crippen LogP contribution in [0.2, 0.25) is 0 Å². The third-order valence-corrected chi connectivity index (χ3v) is 5.08. The zero-order valence-corrected chi connectivity index (χ0v) is 18.2. The topological polar surface area (TPSA) is 131 Å². The van der Waals surface area contributed by atoms with Crippen LogP contribution in [0.15, 0.2) is 30.3 Å². The molecule has 0 aliphatic carbocycles. The van der Waals surface area contributed by atoms with E-state index in [9.17, 15) is 24.3 Å². The molecular weight excluding hydrogens is 404 g/mol. The van der Waals surface area contributed by atoms with Gasteiger partial charge in [0.2, 0.25) is 5.91 Å². The Hall–Kier alpha value is -2.94. The van der Waals surface area contributed by atoms with E-state index in [1.165, 1.54) is 0 Å². The van der Waals surface area contributed by atoms with Crippen molar-refractivity contribution in [3.63, 3.8) is 0 Å². The van der Waals surface area contributed by atoms with Gasteiger partial charge in [-0.15, -0.1) is 0 Å². The molecule has 0 saturated carbocycles. The molecule has 1 aromatic rings. The second-order valence-corrected chi connectivity index (χ2v) is 8.26. The first-order valence-electron chi connectivity index (χ1n) is 10.3. The fourth-order valence-corrected chi connectivity index (χ4v) is 3.24. The van der Waals surface area contributed by atoms with E-state index in [1.807, 2.05) is 44.2 Å². The van der Waals surface area contributed by atoms with Crippen LogP contribution in [0.1, 0.15) is 33.3 Å². The predicted molar refractivity (Wildman–Crippen MR) is 111 cm³/mol. The minimum Gasteiger partial charge on any atom is -0.480 e. The number of benzene rings is 1. The molecule has 0 spiro atoms. The van der Waals surface area contributed by atoms with Crippen molar-refractivity contribution in [3.05, 3.63) is 35.9 Å². The van der Waals surface area contributed by atoms with E-state index in [4.69, 9.17) is 9.47 Å². The summed E-state index contributed by atoms with van der Waals surface area (Å²) < 4.78 is 10.4. The number of rotatable bonds is 11. The van der Waals surface area contributed by atoms with Gasteiger partial charge in [-0.2, -0.15) is 0 Å². The van der Waals surface area contributed by atoms with E-state index in [0.717, 1.165) is 5.56 Å². The quantitative estimate of drug-likeness (QED) is 0.445. The SMILES string of the molecule is CC(C)[C@H](NC(=O)[C@@H]1OC(=O)[C@H]1C(C)C)C(=O)N[C@@H](COCc1ccccc1)C(=O)O. The lowest BCUT2D eigenvalue weighted by molar-refractivity contribution is -0.193. The Morgan fingerprint density at radius 3 is 2.26 bits per heavy atom. The lowest BCUT2D eigenvalue weighted by atomic mass is 9.85. The van der Waals surface area contributed by atoms with E-state index < -0.39 is 47.9 Å². The Kier molecular flexibility index (Phi) is 8.56. The standard InChI is InChI=1S/C22H30N2O7/c1-12(2)16-18(31-22(16)29)20(26)24-17(13(3)4)19(25)23-15(21(27)28)11-30-10-14-8-6-5-7-9-14/h5-9,12-13,15-18H,10-11H2,1-4H3,(H,23,25)(H,24,26)(H,27,28)/t15-,16-,17-,18+/m0/s1. The number of carboxylic acid groups (broad SMARTS) is 1. The molecule has 4 atom stereocenters. The highest BCUT2D eigenvalue weighted by molar-refractivity contribution is 5.97. The summed E-state index contributed by atoms with van der Waals surface area (Å²) in [6.07, 6.45) is -0.953. The van der Waals surface area contributed by atoms with Crippen LogP contribution >= 0.6 is 0 Å². The molecule has 1 aliphatic rings. The van der Waals surface area contributed by atoms with Crippen LogP contribution in [0.4, 0.5) is 0 Å². The number of hydrogen-bond donors (Lipinski definition) is 3. The summed E-state index contributed by atoms with van der Waals surface area (Å²) in [6, 6.07) is 6.96. The zero-order chi connectivity index (χ0) is 23.1. The van der Waals surface area contributed by atoms with Crippen LogP contribution in [0.25, 0.3) is 0 Å². The van der Waals surface area contributed by atoms with E-state index in [-0.39, 0.29) is 25.0 Å². The highest BCUT2D eigenvalue weighted by Gasteiger charge is 2.49. The summed E-state index contributed by atoms with van der Waals surface area (Å²) >= 11 is 0. The summed E-state index contributed by atoms with van der Waals surface area (Å²) in [4.78, 5) is 48.4. The molecule has 0 radical (unpaired) electrons. The van der Waals surface area contributed by atoms with Crippen molar-refractivity contribution in [2.75, 3.05) is 6.61 Å². The Balaban J connectivity index is 1.95. The van der Waals surface area contributed by atoms with Gasteiger partial charge in [0, 0.05) is 0 Å². The summed E-state index contributed by atoms with van der Waals surface area (Å²) in [5.41, 5.74) is 0.875. The summed E-state index contributed by atoms with van der Waals surface area (Å²) in [7, 11) is 0. The summed E-state index contributed by atoms with van der Waals surface area (Å²) in [5, 5.41) is 14.5. The highest BCUT2D eigenvalue weighted by atomic mass is 16.6. The van der Waals surface area contributed by atoms with Gasteiger partial charge in [-0.25, -0.2) is 4.79 Å². The molecule has 1 fully saturated rings. The molecule has 9 nitrogen and oxygen atoms in total. The summed E-state index contributed by atoms with van der Waals surface area (Å²) in [5.74, 6) is -3.87. The van der Waals surface area contributed by atoms with Gasteiger partial charge < -0.3 is 25.2 Å². The van der Waals surface area contributed by atoms with Gasteiger partial charge >= 0.3 is 11.9 Å². The number of amides is 2. The molecule has 2 amide bonds. The largest absolute Gasteiger partial charge is 0.480 e. The van der Waals surface area contributed by atoms with Gasteiger partial charge in [-0.05, 0) is 17.4 Å². The Bertz CT molecular complexity index is 794. The van der Waals surface area contributed by atoms with Gasteiger partial charge in [0.05, 0.1) is 13.2 Å². The van der Waals surface area contributed by atoms with Gasteiger partial charge in [0.1, 0.15) is 12.0 Å². The van der Waals surface area contributed by atoms with Crippen molar-refractivity contribution in [3.8, 4) is 0 Å². The normalized spacial score (nSPS) is 19.9. The second-order valence-electron chi connectivity index (χ2n) is 8.26. The van der Waals surface area contributed by atoms with Gasteiger partial charge in [-0.3, -0.25) is 14.4 Å². The van der Waals surface area contributed by atoms with E-state index >= 15 is 0 Å². The number of esters is 1. The first kappa shape index (κ1) is 24.3. The lowest BCUT2D eigenvalue weighted by Crippen LogP contribution is -2.61. The van der Waals surface area contributed by atoms with Crippen molar-refractivity contribution in [1.82, 2.24) is 10.6 Å². The number of nitrogens with one attached hydrogen (secondary N) is 2. The maximum Gasteiger partial charge on any atom is 0.328 e. The molecule has 31 heavy (non-hydrogen) atoms. The maximum absolute atomic E-state index is 12.7. The molecular formula is C22H30N2O7. The van der Waals surface area contributed by atoms with Crippen LogP contribution in [0.5, 0.6) is 0 Å². The second kappa shape index (κ2) is 10.9. The highest BCUT2D eigenvalue weighted by Crippen LogP contribution is 2.29. The van der Waals surface area contributed by atoms with Crippen LogP contribution in [-0.2, 0) is 35.3 Å². The van der Waals surface area contributed by atoms with Gasteiger partial charge in [0.25, 0.3) is 5.91 Å². The van der Waals surface area contributed by atoms with Crippen molar-refractivity contribution >= 4 is 23.8 Å². The van der Waals surface area contributed by atoms with Crippen LogP contribution < -0.4 is 10.6 Å². The number of cyclic esters (lactones) is 1. The summed E-state index contributed by atoms with van der Waals surface area (Å²) in [6.45, 7) is 7.03. The first-order valence-corrected chi connectivity index (χ1v) is 10.3. The minimum atomic E-state index is -1.28. The maximum atomic E-state index is 12.7. The fourth-order valence-electron chi connectivity index (χ4n) is 3.24. The molecule has 0 aromatic heterocycles. The Labute approximate surface area is 181 Å². The van der Waals surface area contributed by atoms with E-state index in [1.54, 1.807) is 13.8 Å². The molecule has 1 aliphatic heterocycles. The van der Waals surface area contributed by atoms with Crippen molar-refractivity contribution < 1.29 is 33.8 Å². The molecule has 3 N–H and O–H groups in total. The average Bonchev–Trinajstić information content (AvgIpc) is 2.68. The predicted octanol–water partition coefficient (Wildman–Crippen LogP) is 1.11. The molecule has 1 aromatic carbocycles. The van der Waals surface area contributed by atoms with E-state index in [0.29, 0.717) is 0 Å². The third kappa shape index (κ3) is 6.52. The first-order chi connectivity index (χ1) is 14.6. The van der Waals surface area contributed by atoms with Crippen LogP contribution in [0, 0.1) is 17.8 Å². The molecule has 0 unspecified atom stereocenters. The smallest absolute Gasteiger partial charge is 0.328 e. The van der Waals surface area contributed by atoms with Crippen LogP contribution in [-0.4, -0.2) is 53.7 Å². The number of carbonyl (C=O) groups excluding carboxylic acids is 3. The molecule has 9 heteroatoms. The molecule has 1 saturated heterocycles. The number of carbonyl (C=O) groups is 4. The third-order valence-electron chi connectivity index (χ3n) is 5.08. The molecule has 2 rings (SSSR count). The van der Waals surface area contributed by atoms with Gasteiger partial charge in [0.15, 0.2) is 12.1 Å². The lowest BCUT2D eigenvalue weighted by Gasteiger charge is -2.37. The Morgan fingerprint density at radius 2 is 1.74 bits per heavy atom. The van der Waals surface area contributed by atoms with Crippen molar-refractivity contribution in [1.29, 1.82) is 0 Å². The zero-order valence-electron chi connectivity index (χ0n) is 18.2. The minimum absolute atomic E-state index is 0.0820. The number of ether oxygens (including phenoxy) is 2. The monoisotopic (exact) mass is 434 g/mol. The molecule has 0 bridgehead atoms. The van der Waals surface area contributed by atoms with Crippen molar-refractivity contribution in [2.24, 2.45) is 17.8 Å². The van der Waals surface area contributed by atoms with Crippen molar-refractivity contribution in [2.45, 2.75) is 52.5 Å². The fraction of sp³-hybridized carbons (Fsp3) is 0.545. The average molecular weight is 434 g/mol. The van der Waals surface area contributed by atoms with Crippen LogP contribution in [0.3, 0.4) is 0 Å². The Morgan fingerprint density at radius 1 is 1.10 bits per heavy atom.